The molecule has 0 aliphatic heterocycles. The highest BCUT2D eigenvalue weighted by molar-refractivity contribution is 7.10. The predicted octanol–water partition coefficient (Wildman–Crippen LogP) is 3.74. The summed E-state index contributed by atoms with van der Waals surface area (Å²) in [6.07, 6.45) is -6.06. The van der Waals surface area contributed by atoms with E-state index in [4.69, 9.17) is 4.74 Å². The monoisotopic (exact) mass is 304 g/mol. The van der Waals surface area contributed by atoms with Crippen molar-refractivity contribution in [1.29, 1.82) is 0 Å². The van der Waals surface area contributed by atoms with Gasteiger partial charge in [-0.3, -0.25) is 0 Å². The molecule has 1 heterocycles. The molecule has 1 aromatic carbocycles. The second-order valence-electron chi connectivity index (χ2n) is 3.84. The summed E-state index contributed by atoms with van der Waals surface area (Å²) in [5.41, 5.74) is 0.0329. The lowest BCUT2D eigenvalue weighted by Gasteiger charge is -2.17. The molecule has 0 amide bonds. The average molecular weight is 304 g/mol. The fraction of sp³-hybridized carbons (Fsp3) is 0.231. The zero-order valence-electron chi connectivity index (χ0n) is 10.3. The largest absolute Gasteiger partial charge is 0.573 e. The number of aliphatic hydroxyl groups is 1. The van der Waals surface area contributed by atoms with E-state index in [1.54, 1.807) is 11.4 Å². The van der Waals surface area contributed by atoms with Crippen LogP contribution in [0.1, 0.15) is 16.5 Å². The average Bonchev–Trinajstić information content (AvgIpc) is 2.85. The van der Waals surface area contributed by atoms with Crippen LogP contribution in [0.3, 0.4) is 0 Å². The van der Waals surface area contributed by atoms with Crippen molar-refractivity contribution < 1.29 is 27.8 Å². The molecule has 7 heteroatoms. The standard InChI is InChI=1S/C13H11F3O3S/c1-18-10-6-7-20-12(10)11(17)8-4-2-3-5-9(8)19-13(14,15)16/h2-7,11,17H,1H3. The molecule has 0 saturated heterocycles. The van der Waals surface area contributed by atoms with Crippen molar-refractivity contribution in [2.75, 3.05) is 7.11 Å². The van der Waals surface area contributed by atoms with Crippen molar-refractivity contribution in [3.8, 4) is 11.5 Å². The number of hydrogen-bond donors (Lipinski definition) is 1. The van der Waals surface area contributed by atoms with Crippen LogP contribution in [0.25, 0.3) is 0 Å². The van der Waals surface area contributed by atoms with E-state index >= 15 is 0 Å². The number of rotatable bonds is 4. The molecule has 108 valence electrons. The fourth-order valence-corrected chi connectivity index (χ4v) is 2.60. The summed E-state index contributed by atoms with van der Waals surface area (Å²) in [5.74, 6) is -0.00716. The highest BCUT2D eigenvalue weighted by atomic mass is 32.1. The van der Waals surface area contributed by atoms with Crippen molar-refractivity contribution >= 4 is 11.3 Å². The first-order valence-corrected chi connectivity index (χ1v) is 6.44. The topological polar surface area (TPSA) is 38.7 Å². The fourth-order valence-electron chi connectivity index (χ4n) is 1.74. The highest BCUT2D eigenvalue weighted by Crippen LogP contribution is 2.39. The Kier molecular flexibility index (Phi) is 4.20. The van der Waals surface area contributed by atoms with Crippen LogP contribution in [0.4, 0.5) is 13.2 Å². The van der Waals surface area contributed by atoms with Crippen LogP contribution in [-0.4, -0.2) is 18.6 Å². The molecule has 0 saturated carbocycles. The van der Waals surface area contributed by atoms with Crippen molar-refractivity contribution in [1.82, 2.24) is 0 Å². The second-order valence-corrected chi connectivity index (χ2v) is 4.79. The van der Waals surface area contributed by atoms with E-state index in [9.17, 15) is 18.3 Å². The van der Waals surface area contributed by atoms with E-state index < -0.39 is 18.2 Å². The molecule has 0 aliphatic rings. The van der Waals surface area contributed by atoms with E-state index in [2.05, 4.69) is 4.74 Å². The molecular weight excluding hydrogens is 293 g/mol. The molecular formula is C13H11F3O3S. The van der Waals surface area contributed by atoms with E-state index in [0.717, 1.165) is 6.07 Å². The van der Waals surface area contributed by atoms with Crippen molar-refractivity contribution in [3.05, 3.63) is 46.2 Å². The normalized spacial score (nSPS) is 13.1. The quantitative estimate of drug-likeness (QED) is 0.935. The smallest absolute Gasteiger partial charge is 0.495 e. The molecule has 3 nitrogen and oxygen atoms in total. The molecule has 1 atom stereocenters. The summed E-state index contributed by atoms with van der Waals surface area (Å²) < 4.78 is 46.0. The van der Waals surface area contributed by atoms with E-state index in [1.807, 2.05) is 0 Å². The number of methoxy groups -OCH3 is 1. The molecule has 0 fully saturated rings. The number of ether oxygens (including phenoxy) is 2. The Morgan fingerprint density at radius 2 is 1.85 bits per heavy atom. The summed E-state index contributed by atoms with van der Waals surface area (Å²) in [5, 5.41) is 11.9. The van der Waals surface area contributed by atoms with Crippen molar-refractivity contribution in [3.63, 3.8) is 0 Å². The number of halogens is 3. The van der Waals surface area contributed by atoms with Gasteiger partial charge in [0.25, 0.3) is 0 Å². The van der Waals surface area contributed by atoms with Gasteiger partial charge in [0, 0.05) is 5.56 Å². The third kappa shape index (κ3) is 3.23. The molecule has 0 bridgehead atoms. The summed E-state index contributed by atoms with van der Waals surface area (Å²) in [6.45, 7) is 0. The lowest BCUT2D eigenvalue weighted by Crippen LogP contribution is -2.18. The van der Waals surface area contributed by atoms with Crippen LogP contribution in [0.15, 0.2) is 35.7 Å². The molecule has 1 unspecified atom stereocenters. The molecule has 1 aromatic heterocycles. The zero-order chi connectivity index (χ0) is 14.8. The highest BCUT2D eigenvalue weighted by Gasteiger charge is 2.33. The Morgan fingerprint density at radius 3 is 2.50 bits per heavy atom. The zero-order valence-corrected chi connectivity index (χ0v) is 11.2. The van der Waals surface area contributed by atoms with Gasteiger partial charge in [0.15, 0.2) is 0 Å². The first kappa shape index (κ1) is 14.7. The van der Waals surface area contributed by atoms with E-state index in [0.29, 0.717) is 10.6 Å². The SMILES string of the molecule is COc1ccsc1C(O)c1ccccc1OC(F)(F)F. The summed E-state index contributed by atoms with van der Waals surface area (Å²) in [6, 6.07) is 7.11. The van der Waals surface area contributed by atoms with Gasteiger partial charge >= 0.3 is 6.36 Å². The first-order chi connectivity index (χ1) is 9.42. The van der Waals surface area contributed by atoms with Crippen LogP contribution in [0.5, 0.6) is 11.5 Å². The van der Waals surface area contributed by atoms with Gasteiger partial charge in [-0.2, -0.15) is 0 Å². The van der Waals surface area contributed by atoms with E-state index in [-0.39, 0.29) is 5.56 Å². The summed E-state index contributed by atoms with van der Waals surface area (Å²) in [4.78, 5) is 0.422. The molecule has 1 N–H and O–H groups in total. The maximum atomic E-state index is 12.3. The Hall–Kier alpha value is -1.73. The molecule has 0 aliphatic carbocycles. The number of hydrogen-bond acceptors (Lipinski definition) is 4. The van der Waals surface area contributed by atoms with Gasteiger partial charge in [-0.25, -0.2) is 0 Å². The Morgan fingerprint density at radius 1 is 1.15 bits per heavy atom. The van der Waals surface area contributed by atoms with Gasteiger partial charge in [0.1, 0.15) is 17.6 Å². The van der Waals surface area contributed by atoms with Crippen LogP contribution in [-0.2, 0) is 0 Å². The Labute approximate surface area is 117 Å². The lowest BCUT2D eigenvalue weighted by molar-refractivity contribution is -0.275. The van der Waals surface area contributed by atoms with Gasteiger partial charge in [0.05, 0.1) is 12.0 Å². The van der Waals surface area contributed by atoms with Gasteiger partial charge in [-0.05, 0) is 17.5 Å². The van der Waals surface area contributed by atoms with Crippen LogP contribution >= 0.6 is 11.3 Å². The number of benzene rings is 1. The minimum absolute atomic E-state index is 0.0329. The number of para-hydroxylation sites is 1. The van der Waals surface area contributed by atoms with Gasteiger partial charge in [-0.1, -0.05) is 18.2 Å². The lowest BCUT2D eigenvalue weighted by atomic mass is 10.1. The molecule has 2 aromatic rings. The molecule has 0 spiro atoms. The Balaban J connectivity index is 2.37. The van der Waals surface area contributed by atoms with Crippen molar-refractivity contribution in [2.45, 2.75) is 12.5 Å². The van der Waals surface area contributed by atoms with Gasteiger partial charge < -0.3 is 14.6 Å². The van der Waals surface area contributed by atoms with E-state index in [1.165, 1.54) is 36.6 Å². The van der Waals surface area contributed by atoms with Crippen LogP contribution < -0.4 is 9.47 Å². The molecule has 2 rings (SSSR count). The van der Waals surface area contributed by atoms with Crippen LogP contribution in [0, 0.1) is 0 Å². The van der Waals surface area contributed by atoms with Gasteiger partial charge in [-0.15, -0.1) is 24.5 Å². The molecule has 0 radical (unpaired) electrons. The second kappa shape index (κ2) is 5.72. The Bertz CT molecular complexity index is 580. The third-order valence-corrected chi connectivity index (χ3v) is 3.52. The summed E-state index contributed by atoms with van der Waals surface area (Å²) in [7, 11) is 1.43. The van der Waals surface area contributed by atoms with Gasteiger partial charge in [0.2, 0.25) is 0 Å². The van der Waals surface area contributed by atoms with Crippen LogP contribution in [0.2, 0.25) is 0 Å². The number of thiophene rings is 1. The number of aliphatic hydroxyl groups excluding tert-OH is 1. The molecule has 20 heavy (non-hydrogen) atoms. The number of alkyl halides is 3. The maximum absolute atomic E-state index is 12.3. The first-order valence-electron chi connectivity index (χ1n) is 5.56. The third-order valence-electron chi connectivity index (χ3n) is 2.56. The summed E-state index contributed by atoms with van der Waals surface area (Å²) >= 11 is 1.19. The minimum Gasteiger partial charge on any atom is -0.495 e. The minimum atomic E-state index is -4.81. The van der Waals surface area contributed by atoms with Crippen molar-refractivity contribution in [2.24, 2.45) is 0 Å². The maximum Gasteiger partial charge on any atom is 0.573 e. The predicted molar refractivity (Wildman–Crippen MR) is 68.1 cm³/mol.